The van der Waals surface area contributed by atoms with Gasteiger partial charge in [0.2, 0.25) is 0 Å². The van der Waals surface area contributed by atoms with E-state index in [1.165, 1.54) is 0 Å². The van der Waals surface area contributed by atoms with Crippen LogP contribution in [-0.2, 0) is 13.1 Å². The monoisotopic (exact) mass is 381 g/mol. The summed E-state index contributed by atoms with van der Waals surface area (Å²) in [4.78, 5) is 4.27. The lowest BCUT2D eigenvalue weighted by atomic mass is 10.1. The molecule has 28 heavy (non-hydrogen) atoms. The summed E-state index contributed by atoms with van der Waals surface area (Å²) in [7, 11) is 5.01. The maximum absolute atomic E-state index is 5.54. The van der Waals surface area contributed by atoms with E-state index in [1.807, 2.05) is 37.3 Å². The highest BCUT2D eigenvalue weighted by Crippen LogP contribution is 2.28. The maximum atomic E-state index is 5.54. The van der Waals surface area contributed by atoms with Crippen LogP contribution in [0.25, 0.3) is 0 Å². The molecule has 148 valence electrons. The number of nitrogens with zero attached hydrogens (tertiary/aromatic N) is 1. The van der Waals surface area contributed by atoms with Crippen LogP contribution in [0, 0.1) is 19.3 Å². The minimum atomic E-state index is 0.189. The molecule has 0 atom stereocenters. The topological polar surface area (TPSA) is 64.1 Å². The number of rotatable bonds is 8. The van der Waals surface area contributed by atoms with Gasteiger partial charge in [0.15, 0.2) is 17.5 Å². The normalized spacial score (nSPS) is 10.8. The van der Waals surface area contributed by atoms with Crippen LogP contribution in [0.5, 0.6) is 17.2 Å². The number of guanidine groups is 1. The first-order chi connectivity index (χ1) is 13.6. The Labute approximate surface area is 166 Å². The van der Waals surface area contributed by atoms with Crippen LogP contribution in [0.2, 0.25) is 0 Å². The molecule has 0 saturated heterocycles. The Morgan fingerprint density at radius 1 is 1.00 bits per heavy atom. The second-order valence-electron chi connectivity index (χ2n) is 6.07. The lowest BCUT2D eigenvalue weighted by Crippen LogP contribution is -2.36. The molecule has 6 nitrogen and oxygen atoms in total. The van der Waals surface area contributed by atoms with Crippen molar-refractivity contribution in [3.8, 4) is 29.6 Å². The smallest absolute Gasteiger partial charge is 0.191 e. The summed E-state index contributed by atoms with van der Waals surface area (Å²) in [5, 5.41) is 6.59. The van der Waals surface area contributed by atoms with Gasteiger partial charge in [-0.05, 0) is 36.2 Å². The van der Waals surface area contributed by atoms with Crippen LogP contribution in [0.1, 0.15) is 16.7 Å². The maximum Gasteiger partial charge on any atom is 0.191 e. The minimum Gasteiger partial charge on any atom is -0.496 e. The third kappa shape index (κ3) is 5.85. The van der Waals surface area contributed by atoms with Gasteiger partial charge in [-0.3, -0.25) is 4.99 Å². The Morgan fingerprint density at radius 3 is 2.43 bits per heavy atom. The average molecular weight is 381 g/mol. The first-order valence-corrected chi connectivity index (χ1v) is 8.92. The van der Waals surface area contributed by atoms with Crippen molar-refractivity contribution in [1.82, 2.24) is 10.6 Å². The number of hydrogen-bond donors (Lipinski definition) is 2. The van der Waals surface area contributed by atoms with Crippen LogP contribution in [0.3, 0.4) is 0 Å². The van der Waals surface area contributed by atoms with Crippen molar-refractivity contribution >= 4 is 5.96 Å². The SMILES string of the molecule is C#CCOc1cc(CNC(=NC)NCc2ccc(C)cc2OC)ccc1OC. The molecule has 0 bridgehead atoms. The Kier molecular flexibility index (Phi) is 8.04. The Bertz CT molecular complexity index is 857. The summed E-state index contributed by atoms with van der Waals surface area (Å²) in [6.07, 6.45) is 5.27. The number of terminal acetylenes is 1. The molecule has 0 fully saturated rings. The van der Waals surface area contributed by atoms with Crippen molar-refractivity contribution in [3.63, 3.8) is 0 Å². The van der Waals surface area contributed by atoms with Crippen molar-refractivity contribution in [2.45, 2.75) is 20.0 Å². The lowest BCUT2D eigenvalue weighted by molar-refractivity contribution is 0.330. The highest BCUT2D eigenvalue weighted by molar-refractivity contribution is 5.79. The molecule has 2 aromatic carbocycles. The molecule has 0 aliphatic heterocycles. The molecule has 0 aromatic heterocycles. The zero-order valence-electron chi connectivity index (χ0n) is 16.8. The molecule has 0 saturated carbocycles. The lowest BCUT2D eigenvalue weighted by Gasteiger charge is -2.15. The predicted molar refractivity (Wildman–Crippen MR) is 112 cm³/mol. The van der Waals surface area contributed by atoms with E-state index in [2.05, 4.69) is 27.6 Å². The van der Waals surface area contributed by atoms with E-state index in [4.69, 9.17) is 20.6 Å². The number of aryl methyl sites for hydroxylation is 1. The van der Waals surface area contributed by atoms with Crippen LogP contribution >= 0.6 is 0 Å². The summed E-state index contributed by atoms with van der Waals surface area (Å²) >= 11 is 0. The highest BCUT2D eigenvalue weighted by Gasteiger charge is 2.08. The van der Waals surface area contributed by atoms with Gasteiger partial charge < -0.3 is 24.8 Å². The van der Waals surface area contributed by atoms with E-state index in [-0.39, 0.29) is 6.61 Å². The number of methoxy groups -OCH3 is 2. The van der Waals surface area contributed by atoms with Crippen LogP contribution in [-0.4, -0.2) is 33.8 Å². The van der Waals surface area contributed by atoms with Gasteiger partial charge in [0.05, 0.1) is 14.2 Å². The van der Waals surface area contributed by atoms with E-state index in [1.54, 1.807) is 21.3 Å². The molecule has 2 aromatic rings. The zero-order chi connectivity index (χ0) is 20.4. The second-order valence-corrected chi connectivity index (χ2v) is 6.07. The number of hydrogen-bond acceptors (Lipinski definition) is 4. The molecule has 2 N–H and O–H groups in total. The standard InChI is InChI=1S/C22H27N3O3/c1-6-11-28-21-13-17(8-10-19(21)26-4)14-24-22(23-3)25-15-18-9-7-16(2)12-20(18)27-5/h1,7-10,12-13H,11,14-15H2,2-5H3,(H2,23,24,25). The van der Waals surface area contributed by atoms with E-state index < -0.39 is 0 Å². The molecular weight excluding hydrogens is 354 g/mol. The van der Waals surface area contributed by atoms with E-state index in [0.717, 1.165) is 22.4 Å². The van der Waals surface area contributed by atoms with Gasteiger partial charge in [0, 0.05) is 25.7 Å². The fourth-order valence-corrected chi connectivity index (χ4v) is 2.65. The first-order valence-electron chi connectivity index (χ1n) is 8.92. The van der Waals surface area contributed by atoms with Gasteiger partial charge in [0.25, 0.3) is 0 Å². The van der Waals surface area contributed by atoms with Crippen molar-refractivity contribution in [3.05, 3.63) is 53.1 Å². The van der Waals surface area contributed by atoms with Gasteiger partial charge in [-0.15, -0.1) is 6.42 Å². The summed E-state index contributed by atoms with van der Waals surface area (Å²) < 4.78 is 16.3. The van der Waals surface area contributed by atoms with Crippen LogP contribution in [0.15, 0.2) is 41.4 Å². The van der Waals surface area contributed by atoms with Gasteiger partial charge in [-0.2, -0.15) is 0 Å². The molecule has 2 rings (SSSR count). The third-order valence-electron chi connectivity index (χ3n) is 4.11. The van der Waals surface area contributed by atoms with E-state index >= 15 is 0 Å². The van der Waals surface area contributed by atoms with E-state index in [0.29, 0.717) is 30.5 Å². The fraction of sp³-hybridized carbons (Fsp3) is 0.318. The number of aliphatic imine (C=N–C) groups is 1. The molecule has 0 amide bonds. The quantitative estimate of drug-likeness (QED) is 0.418. The molecule has 6 heteroatoms. The van der Waals surface area contributed by atoms with Crippen molar-refractivity contribution in [2.75, 3.05) is 27.9 Å². The number of ether oxygens (including phenoxy) is 3. The van der Waals surface area contributed by atoms with E-state index in [9.17, 15) is 0 Å². The summed E-state index contributed by atoms with van der Waals surface area (Å²) in [5.41, 5.74) is 3.24. The molecule has 0 aliphatic carbocycles. The van der Waals surface area contributed by atoms with Crippen LogP contribution in [0.4, 0.5) is 0 Å². The predicted octanol–water partition coefficient (Wildman–Crippen LogP) is 2.89. The molecule has 0 spiro atoms. The summed E-state index contributed by atoms with van der Waals surface area (Å²) in [5.74, 6) is 5.26. The highest BCUT2D eigenvalue weighted by atomic mass is 16.5. The van der Waals surface area contributed by atoms with Gasteiger partial charge in [0.1, 0.15) is 12.4 Å². The van der Waals surface area contributed by atoms with Crippen molar-refractivity contribution < 1.29 is 14.2 Å². The molecular formula is C22H27N3O3. The summed E-state index contributed by atoms with van der Waals surface area (Å²) in [6.45, 7) is 3.40. The largest absolute Gasteiger partial charge is 0.496 e. The Balaban J connectivity index is 1.98. The first kappa shape index (κ1) is 21.0. The molecule has 0 heterocycles. The second kappa shape index (κ2) is 10.7. The summed E-state index contributed by atoms with van der Waals surface area (Å²) in [6, 6.07) is 11.8. The molecule has 0 aliphatic rings. The van der Waals surface area contributed by atoms with Crippen molar-refractivity contribution in [1.29, 1.82) is 0 Å². The number of nitrogens with one attached hydrogen (secondary N) is 2. The third-order valence-corrected chi connectivity index (χ3v) is 4.11. The van der Waals surface area contributed by atoms with Crippen molar-refractivity contribution in [2.24, 2.45) is 4.99 Å². The molecule has 0 radical (unpaired) electrons. The minimum absolute atomic E-state index is 0.189. The average Bonchev–Trinajstić information content (AvgIpc) is 2.73. The zero-order valence-corrected chi connectivity index (χ0v) is 16.8. The number of benzene rings is 2. The Hall–Kier alpha value is -3.33. The van der Waals surface area contributed by atoms with Gasteiger partial charge >= 0.3 is 0 Å². The molecule has 0 unspecified atom stereocenters. The van der Waals surface area contributed by atoms with Gasteiger partial charge in [-0.25, -0.2) is 0 Å². The van der Waals surface area contributed by atoms with Gasteiger partial charge in [-0.1, -0.05) is 24.1 Å². The fourth-order valence-electron chi connectivity index (χ4n) is 2.65. The Morgan fingerprint density at radius 2 is 1.75 bits per heavy atom. The van der Waals surface area contributed by atoms with Crippen LogP contribution < -0.4 is 24.8 Å².